The van der Waals surface area contributed by atoms with Gasteiger partial charge in [0.05, 0.1) is 27.7 Å². The molecule has 0 aliphatic carbocycles. The molecule has 9 nitrogen and oxygen atoms in total. The summed E-state index contributed by atoms with van der Waals surface area (Å²) >= 11 is 0. The first-order valence-electron chi connectivity index (χ1n) is 20.6. The van der Waals surface area contributed by atoms with Crippen LogP contribution in [-0.2, 0) is 32.7 Å². The minimum absolute atomic E-state index is 0.0471. The van der Waals surface area contributed by atoms with Crippen LogP contribution in [-0.4, -0.2) is 70.0 Å². The average molecular weight is 778 g/mol. The lowest BCUT2D eigenvalue weighted by molar-refractivity contribution is -0.870. The van der Waals surface area contributed by atoms with Crippen molar-refractivity contribution in [2.75, 3.05) is 47.5 Å². The number of rotatable bonds is 36. The molecule has 0 spiro atoms. The number of likely N-dealkylation sites (N-methyl/N-ethyl adjacent to an activating group) is 1. The van der Waals surface area contributed by atoms with E-state index in [4.69, 9.17) is 18.5 Å². The maximum Gasteiger partial charge on any atom is 0.306 e. The first kappa shape index (κ1) is 51.5. The van der Waals surface area contributed by atoms with Gasteiger partial charge in [-0.3, -0.25) is 14.2 Å². The number of hydrogen-bond donors (Lipinski definition) is 0. The highest BCUT2D eigenvalue weighted by atomic mass is 31.2. The zero-order chi connectivity index (χ0) is 40.0. The van der Waals surface area contributed by atoms with Gasteiger partial charge in [-0.1, -0.05) is 119 Å². The third-order valence-corrected chi connectivity index (χ3v) is 9.17. The van der Waals surface area contributed by atoms with Crippen molar-refractivity contribution in [1.82, 2.24) is 0 Å². The molecule has 0 bridgehead atoms. The molecule has 54 heavy (non-hydrogen) atoms. The van der Waals surface area contributed by atoms with E-state index in [2.05, 4.69) is 86.8 Å². The number of carbonyl (C=O) groups excluding carboxylic acids is 2. The Morgan fingerprint density at radius 2 is 1.06 bits per heavy atom. The summed E-state index contributed by atoms with van der Waals surface area (Å²) in [5, 5.41) is 0. The number of phosphoric ester groups is 1. The zero-order valence-corrected chi connectivity index (χ0v) is 35.5. The summed E-state index contributed by atoms with van der Waals surface area (Å²) in [5.74, 6) is -0.930. The van der Waals surface area contributed by atoms with E-state index in [-0.39, 0.29) is 26.1 Å². The molecule has 0 aromatic carbocycles. The van der Waals surface area contributed by atoms with Gasteiger partial charge in [0.15, 0.2) is 6.10 Å². The minimum atomic E-state index is -4.64. The quantitative estimate of drug-likeness (QED) is 0.0203. The van der Waals surface area contributed by atoms with Gasteiger partial charge >= 0.3 is 11.9 Å². The van der Waals surface area contributed by atoms with Crippen LogP contribution in [0.1, 0.15) is 142 Å². The highest BCUT2D eigenvalue weighted by Crippen LogP contribution is 2.38. The number of hydrogen-bond acceptors (Lipinski definition) is 8. The van der Waals surface area contributed by atoms with Gasteiger partial charge in [-0.2, -0.15) is 0 Å². The zero-order valence-electron chi connectivity index (χ0n) is 34.6. The molecule has 0 heterocycles. The maximum atomic E-state index is 12.6. The number of unbranched alkanes of at least 4 members (excludes halogenated alkanes) is 10. The molecule has 10 heteroatoms. The molecule has 1 unspecified atom stereocenters. The van der Waals surface area contributed by atoms with Crippen LogP contribution in [0.3, 0.4) is 0 Å². The van der Waals surface area contributed by atoms with Crippen LogP contribution in [0, 0.1) is 0 Å². The molecule has 0 aromatic heterocycles. The average Bonchev–Trinajstić information content (AvgIpc) is 3.12. The van der Waals surface area contributed by atoms with Gasteiger partial charge in [0, 0.05) is 12.8 Å². The van der Waals surface area contributed by atoms with Crippen molar-refractivity contribution in [2.45, 2.75) is 148 Å². The molecule has 310 valence electrons. The Hall–Kier alpha value is -2.55. The first-order valence-corrected chi connectivity index (χ1v) is 22.1. The minimum Gasteiger partial charge on any atom is -0.756 e. The van der Waals surface area contributed by atoms with Crippen molar-refractivity contribution in [1.29, 1.82) is 0 Å². The van der Waals surface area contributed by atoms with Crippen molar-refractivity contribution >= 4 is 19.8 Å². The van der Waals surface area contributed by atoms with E-state index in [1.807, 2.05) is 21.1 Å². The second-order valence-electron chi connectivity index (χ2n) is 14.6. The van der Waals surface area contributed by atoms with Gasteiger partial charge in [-0.05, 0) is 83.5 Å². The number of nitrogens with zero attached hydrogens (tertiary/aromatic N) is 1. The van der Waals surface area contributed by atoms with E-state index in [0.717, 1.165) is 64.2 Å². The van der Waals surface area contributed by atoms with Gasteiger partial charge in [0.25, 0.3) is 7.82 Å². The van der Waals surface area contributed by atoms with Gasteiger partial charge in [-0.15, -0.1) is 0 Å². The van der Waals surface area contributed by atoms with E-state index >= 15 is 0 Å². The second kappa shape index (κ2) is 36.1. The third kappa shape index (κ3) is 39.2. The van der Waals surface area contributed by atoms with Gasteiger partial charge in [0.2, 0.25) is 0 Å². The lowest BCUT2D eigenvalue weighted by Crippen LogP contribution is -2.37. The van der Waals surface area contributed by atoms with Crippen molar-refractivity contribution < 1.29 is 42.1 Å². The molecule has 0 rings (SSSR count). The van der Waals surface area contributed by atoms with Crippen LogP contribution < -0.4 is 4.89 Å². The SMILES string of the molecule is CC/C=C/C/C=C/C/C=C/C/C=C/CCCCC(=O)OC[C@H](COP(=O)([O-])OCC[N+](C)(C)C)OC(=O)CCCC/C=C/C/C=C/CCCCCCCC. The van der Waals surface area contributed by atoms with E-state index in [0.29, 0.717) is 23.9 Å². The predicted octanol–water partition coefficient (Wildman–Crippen LogP) is 10.8. The first-order chi connectivity index (χ1) is 26.0. The number of phosphoric acid groups is 1. The maximum absolute atomic E-state index is 12.6. The molecule has 0 aliphatic rings. The van der Waals surface area contributed by atoms with Crippen molar-refractivity contribution in [2.24, 2.45) is 0 Å². The Morgan fingerprint density at radius 1 is 0.593 bits per heavy atom. The highest BCUT2D eigenvalue weighted by Gasteiger charge is 2.21. The molecular formula is C44H76NO8P. The fraction of sp³-hybridized carbons (Fsp3) is 0.682. The van der Waals surface area contributed by atoms with Crippen LogP contribution in [0.5, 0.6) is 0 Å². The third-order valence-electron chi connectivity index (χ3n) is 8.21. The summed E-state index contributed by atoms with van der Waals surface area (Å²) in [5.41, 5.74) is 0. The molecular weight excluding hydrogens is 701 g/mol. The van der Waals surface area contributed by atoms with Gasteiger partial charge in [0.1, 0.15) is 19.8 Å². The van der Waals surface area contributed by atoms with Crippen molar-refractivity contribution in [3.63, 3.8) is 0 Å². The Morgan fingerprint density at radius 3 is 1.57 bits per heavy atom. The van der Waals surface area contributed by atoms with E-state index in [1.54, 1.807) is 0 Å². The molecule has 0 saturated heterocycles. The monoisotopic (exact) mass is 778 g/mol. The lowest BCUT2D eigenvalue weighted by atomic mass is 10.1. The van der Waals surface area contributed by atoms with Crippen molar-refractivity contribution in [3.8, 4) is 0 Å². The molecule has 0 aromatic rings. The van der Waals surface area contributed by atoms with Crippen LogP contribution in [0.2, 0.25) is 0 Å². The van der Waals surface area contributed by atoms with Gasteiger partial charge < -0.3 is 27.9 Å². The normalized spacial score (nSPS) is 14.4. The number of carbonyl (C=O) groups is 2. The largest absolute Gasteiger partial charge is 0.756 e. The van der Waals surface area contributed by atoms with E-state index in [9.17, 15) is 19.0 Å². The highest BCUT2D eigenvalue weighted by molar-refractivity contribution is 7.45. The second-order valence-corrected chi connectivity index (χ2v) is 16.0. The Kier molecular flexibility index (Phi) is 34.4. The number of allylic oxidation sites excluding steroid dienone is 12. The Bertz CT molecular complexity index is 1150. The number of quaternary nitrogens is 1. The summed E-state index contributed by atoms with van der Waals surface area (Å²) in [6, 6.07) is 0. The number of esters is 2. The van der Waals surface area contributed by atoms with Crippen LogP contribution >= 0.6 is 7.82 Å². The fourth-order valence-corrected chi connectivity index (χ4v) is 5.70. The Balaban J connectivity index is 4.54. The summed E-state index contributed by atoms with van der Waals surface area (Å²) < 4.78 is 33.7. The lowest BCUT2D eigenvalue weighted by Gasteiger charge is -2.28. The van der Waals surface area contributed by atoms with E-state index in [1.165, 1.54) is 38.5 Å². The molecule has 0 N–H and O–H groups in total. The van der Waals surface area contributed by atoms with Crippen LogP contribution in [0.15, 0.2) is 72.9 Å². The fourth-order valence-electron chi connectivity index (χ4n) is 4.97. The van der Waals surface area contributed by atoms with E-state index < -0.39 is 32.5 Å². The smallest absolute Gasteiger partial charge is 0.306 e. The summed E-state index contributed by atoms with van der Waals surface area (Å²) in [4.78, 5) is 37.4. The van der Waals surface area contributed by atoms with Crippen molar-refractivity contribution in [3.05, 3.63) is 72.9 Å². The molecule has 0 aliphatic heterocycles. The standard InChI is InChI=1S/C44H76NO8P/c1-6-8-10-12-14-16-18-20-22-24-26-28-30-32-34-36-43(46)50-40-42(41-52-54(48,49)51-39-38-45(3,4)5)53-44(47)37-35-33-31-29-27-25-23-21-19-17-15-13-11-9-7-2/h8,10,14,16,20-23,26-29,42H,6-7,9,11-13,15,17-19,24-25,30-41H2,1-5H3/b10-8+,16-14+,22-20+,23-21+,28-26+,29-27+/t42-/m1/s1. The number of ether oxygens (including phenoxy) is 2. The topological polar surface area (TPSA) is 111 Å². The summed E-state index contributed by atoms with van der Waals surface area (Å²) in [6.07, 6.45) is 43.7. The molecule has 0 amide bonds. The van der Waals surface area contributed by atoms with Crippen LogP contribution in [0.4, 0.5) is 0 Å². The summed E-state index contributed by atoms with van der Waals surface area (Å²) in [7, 11) is 1.11. The van der Waals surface area contributed by atoms with Gasteiger partial charge in [-0.25, -0.2) is 0 Å². The molecule has 2 atom stereocenters. The molecule has 0 fully saturated rings. The molecule has 0 radical (unpaired) electrons. The molecule has 0 saturated carbocycles. The predicted molar refractivity (Wildman–Crippen MR) is 222 cm³/mol. The van der Waals surface area contributed by atoms with Crippen LogP contribution in [0.25, 0.3) is 0 Å². The summed E-state index contributed by atoms with van der Waals surface area (Å²) in [6.45, 7) is 3.99. The Labute approximate surface area is 329 Å².